The van der Waals surface area contributed by atoms with Gasteiger partial charge < -0.3 is 9.47 Å². The molecule has 1 aliphatic heterocycles. The van der Waals surface area contributed by atoms with E-state index in [1.54, 1.807) is 0 Å². The molecule has 4 heteroatoms. The van der Waals surface area contributed by atoms with Crippen LogP contribution in [0.2, 0.25) is 0 Å². The quantitative estimate of drug-likeness (QED) is 0.161. The Bertz CT molecular complexity index is 3290. The molecule has 1 aliphatic carbocycles. The van der Waals surface area contributed by atoms with Gasteiger partial charge in [0, 0.05) is 50.1 Å². The third-order valence-corrected chi connectivity index (χ3v) is 12.5. The molecule has 1 atom stereocenters. The number of hydrogen-bond donors (Lipinski definition) is 0. The Balaban J connectivity index is 0.896. The van der Waals surface area contributed by atoms with Crippen LogP contribution in [0.25, 0.3) is 89.2 Å². The van der Waals surface area contributed by atoms with Gasteiger partial charge in [0.2, 0.25) is 0 Å². The molecule has 2 aromatic heterocycles. The predicted octanol–water partition coefficient (Wildman–Crippen LogP) is 14.8. The first kappa shape index (κ1) is 35.8. The van der Waals surface area contributed by atoms with Crippen molar-refractivity contribution < 1.29 is 0 Å². The Hall–Kier alpha value is -8.08. The van der Waals surface area contributed by atoms with E-state index in [0.29, 0.717) is 0 Å². The Morgan fingerprint density at radius 2 is 0.968 bits per heavy atom. The Labute approximate surface area is 361 Å². The van der Waals surface area contributed by atoms with Crippen LogP contribution in [-0.4, -0.2) is 20.6 Å². The van der Waals surface area contributed by atoms with Crippen LogP contribution >= 0.6 is 0 Å². The molecule has 0 bridgehead atoms. The van der Waals surface area contributed by atoms with Gasteiger partial charge in [0.15, 0.2) is 5.82 Å². The largest absolute Gasteiger partial charge is 0.333 e. The molecule has 292 valence electrons. The fourth-order valence-electron chi connectivity index (χ4n) is 9.50. The van der Waals surface area contributed by atoms with Crippen LogP contribution in [0, 0.1) is 0 Å². The zero-order valence-corrected chi connectivity index (χ0v) is 33.9. The number of fused-ring (bicyclic) bond motifs is 6. The summed E-state index contributed by atoms with van der Waals surface area (Å²) in [6.45, 7) is 0. The first-order chi connectivity index (χ1) is 30.7. The molecule has 0 amide bonds. The van der Waals surface area contributed by atoms with E-state index < -0.39 is 0 Å². The van der Waals surface area contributed by atoms with Gasteiger partial charge in [-0.05, 0) is 94.9 Å². The fraction of sp³-hybridized carbons (Fsp3) is 0.0345. The van der Waals surface area contributed by atoms with Crippen LogP contribution in [0.3, 0.4) is 0 Å². The summed E-state index contributed by atoms with van der Waals surface area (Å²) in [5.41, 5.74) is 18.4. The summed E-state index contributed by atoms with van der Waals surface area (Å²) in [6.07, 6.45) is 7.76. The van der Waals surface area contributed by atoms with Gasteiger partial charge in [-0.25, -0.2) is 9.97 Å². The number of benzene rings is 8. The first-order valence-electron chi connectivity index (χ1n) is 21.3. The highest BCUT2D eigenvalue weighted by Gasteiger charge is 2.35. The van der Waals surface area contributed by atoms with Crippen molar-refractivity contribution in [3.63, 3.8) is 0 Å². The fourth-order valence-corrected chi connectivity index (χ4v) is 9.50. The van der Waals surface area contributed by atoms with Crippen LogP contribution in [0.4, 0.5) is 11.4 Å². The second kappa shape index (κ2) is 14.9. The van der Waals surface area contributed by atoms with Crippen LogP contribution in [0.15, 0.2) is 224 Å². The van der Waals surface area contributed by atoms with Gasteiger partial charge in [0.25, 0.3) is 0 Å². The normalized spacial score (nSPS) is 14.2. The van der Waals surface area contributed by atoms with Crippen molar-refractivity contribution in [2.45, 2.75) is 12.5 Å². The maximum atomic E-state index is 5.09. The molecule has 3 heterocycles. The van der Waals surface area contributed by atoms with E-state index in [2.05, 4.69) is 210 Å². The molecule has 0 saturated heterocycles. The van der Waals surface area contributed by atoms with Crippen LogP contribution < -0.4 is 4.90 Å². The van der Waals surface area contributed by atoms with Crippen molar-refractivity contribution >= 4 is 38.8 Å². The standard InChI is InChI=1S/C58H40N4/c1-4-14-39(15-5-1)40-24-30-46(31-25-40)61-54-22-12-10-20-48(54)50-36-44(28-34-56(50)61)45-29-35-57-51(37-45)49-21-11-13-23-55(49)62(57)47-32-26-42(27-33-47)53-38-52(41-16-6-2-7-17-41)59-58(60-53)43-18-8-3-9-19-43/h1-22,24-38,55H,23H2. The van der Waals surface area contributed by atoms with E-state index in [4.69, 9.17) is 9.97 Å². The van der Waals surface area contributed by atoms with Crippen molar-refractivity contribution in [1.29, 1.82) is 0 Å². The minimum atomic E-state index is 0.221. The van der Waals surface area contributed by atoms with Crippen molar-refractivity contribution in [3.05, 3.63) is 230 Å². The molecule has 4 nitrogen and oxygen atoms in total. The van der Waals surface area contributed by atoms with Crippen molar-refractivity contribution in [3.8, 4) is 61.8 Å². The summed E-state index contributed by atoms with van der Waals surface area (Å²) in [4.78, 5) is 12.6. The second-order valence-corrected chi connectivity index (χ2v) is 16.1. The van der Waals surface area contributed by atoms with Gasteiger partial charge in [-0.1, -0.05) is 164 Å². The van der Waals surface area contributed by atoms with Gasteiger partial charge in [-0.3, -0.25) is 0 Å². The van der Waals surface area contributed by atoms with Crippen LogP contribution in [0.1, 0.15) is 12.0 Å². The summed E-state index contributed by atoms with van der Waals surface area (Å²) >= 11 is 0. The summed E-state index contributed by atoms with van der Waals surface area (Å²) in [7, 11) is 0. The molecule has 8 aromatic carbocycles. The molecule has 0 saturated carbocycles. The second-order valence-electron chi connectivity index (χ2n) is 16.1. The molecular formula is C58H40N4. The molecular weight excluding hydrogens is 753 g/mol. The zero-order chi connectivity index (χ0) is 41.0. The lowest BCUT2D eigenvalue weighted by molar-refractivity contribution is 0.829. The lowest BCUT2D eigenvalue weighted by Gasteiger charge is -2.28. The summed E-state index contributed by atoms with van der Waals surface area (Å²) in [5.74, 6) is 0.720. The van der Waals surface area contributed by atoms with Crippen LogP contribution in [-0.2, 0) is 0 Å². The van der Waals surface area contributed by atoms with E-state index in [0.717, 1.165) is 51.7 Å². The molecule has 0 radical (unpaired) electrons. The number of rotatable bonds is 7. The molecule has 12 rings (SSSR count). The zero-order valence-electron chi connectivity index (χ0n) is 33.9. The number of hydrogen-bond acceptors (Lipinski definition) is 3. The van der Waals surface area contributed by atoms with E-state index in [1.165, 1.54) is 60.9 Å². The minimum Gasteiger partial charge on any atom is -0.333 e. The van der Waals surface area contributed by atoms with Crippen molar-refractivity contribution in [2.75, 3.05) is 4.90 Å². The molecule has 62 heavy (non-hydrogen) atoms. The average molecular weight is 793 g/mol. The summed E-state index contributed by atoms with van der Waals surface area (Å²) in [6, 6.07) is 74.1. The van der Waals surface area contributed by atoms with Gasteiger partial charge in [0.1, 0.15) is 0 Å². The number of para-hydroxylation sites is 1. The molecule has 1 unspecified atom stereocenters. The van der Waals surface area contributed by atoms with Gasteiger partial charge in [-0.15, -0.1) is 0 Å². The Kier molecular flexibility index (Phi) is 8.60. The van der Waals surface area contributed by atoms with Crippen LogP contribution in [0.5, 0.6) is 0 Å². The highest BCUT2D eigenvalue weighted by Crippen LogP contribution is 2.49. The maximum Gasteiger partial charge on any atom is 0.160 e. The number of aromatic nitrogens is 3. The highest BCUT2D eigenvalue weighted by molar-refractivity contribution is 6.10. The molecule has 2 aliphatic rings. The SMILES string of the molecule is C1=CCC2C(=C1)c1cc(-c3ccc4c(c3)c3ccccc3n4-c3ccc(-c4ccccc4)cc3)ccc1N2c1ccc(-c2cc(-c3ccccc3)nc(-c3ccccc3)n2)cc1. The molecule has 0 fully saturated rings. The lowest BCUT2D eigenvalue weighted by atomic mass is 9.93. The van der Waals surface area contributed by atoms with Gasteiger partial charge in [0.05, 0.1) is 28.5 Å². The maximum absolute atomic E-state index is 5.09. The van der Waals surface area contributed by atoms with E-state index >= 15 is 0 Å². The minimum absolute atomic E-state index is 0.221. The van der Waals surface area contributed by atoms with Crippen molar-refractivity contribution in [2.24, 2.45) is 0 Å². The third kappa shape index (κ3) is 6.15. The monoisotopic (exact) mass is 792 g/mol. The topological polar surface area (TPSA) is 34.0 Å². The third-order valence-electron chi connectivity index (χ3n) is 12.5. The number of nitrogens with zero attached hydrogens (tertiary/aromatic N) is 4. The number of anilines is 2. The van der Waals surface area contributed by atoms with Gasteiger partial charge in [-0.2, -0.15) is 0 Å². The Morgan fingerprint density at radius 1 is 0.419 bits per heavy atom. The van der Waals surface area contributed by atoms with E-state index in [9.17, 15) is 0 Å². The van der Waals surface area contributed by atoms with E-state index in [1.807, 2.05) is 24.3 Å². The molecule has 0 spiro atoms. The smallest absolute Gasteiger partial charge is 0.160 e. The van der Waals surface area contributed by atoms with E-state index in [-0.39, 0.29) is 6.04 Å². The Morgan fingerprint density at radius 3 is 1.71 bits per heavy atom. The summed E-state index contributed by atoms with van der Waals surface area (Å²) in [5, 5.41) is 2.50. The van der Waals surface area contributed by atoms with Crippen molar-refractivity contribution in [1.82, 2.24) is 14.5 Å². The lowest BCUT2D eigenvalue weighted by Crippen LogP contribution is -2.27. The predicted molar refractivity (Wildman–Crippen MR) is 258 cm³/mol. The molecule has 0 N–H and O–H groups in total. The number of allylic oxidation sites excluding steroid dienone is 2. The highest BCUT2D eigenvalue weighted by atomic mass is 15.2. The van der Waals surface area contributed by atoms with Gasteiger partial charge >= 0.3 is 0 Å². The molecule has 10 aromatic rings. The first-order valence-corrected chi connectivity index (χ1v) is 21.3. The average Bonchev–Trinajstić information content (AvgIpc) is 3.87. The summed E-state index contributed by atoms with van der Waals surface area (Å²) < 4.78 is 2.40.